The fourth-order valence-corrected chi connectivity index (χ4v) is 2.76. The van der Waals surface area contributed by atoms with E-state index < -0.39 is 0 Å². The van der Waals surface area contributed by atoms with E-state index in [2.05, 4.69) is 4.98 Å². The Morgan fingerprint density at radius 1 is 1.04 bits per heavy atom. The summed E-state index contributed by atoms with van der Waals surface area (Å²) >= 11 is 0. The van der Waals surface area contributed by atoms with Crippen molar-refractivity contribution in [3.8, 4) is 28.6 Å². The second-order valence-electron chi connectivity index (χ2n) is 5.50. The summed E-state index contributed by atoms with van der Waals surface area (Å²) in [5.74, 6) is -0.0510. The van der Waals surface area contributed by atoms with Gasteiger partial charge in [0, 0.05) is 31.0 Å². The van der Waals surface area contributed by atoms with E-state index in [9.17, 15) is 15.3 Å². The Kier molecular flexibility index (Phi) is 3.97. The number of aromatic nitrogens is 3. The first-order valence-corrected chi connectivity index (χ1v) is 7.44. The van der Waals surface area contributed by atoms with Crippen LogP contribution in [0.15, 0.2) is 43.0 Å². The Morgan fingerprint density at radius 2 is 1.78 bits per heavy atom. The van der Waals surface area contributed by atoms with Gasteiger partial charge in [-0.25, -0.2) is 4.98 Å². The van der Waals surface area contributed by atoms with Crippen LogP contribution in [0.4, 0.5) is 0 Å². The number of phenolic OH excluding ortho intramolecular Hbond substituents is 1. The lowest BCUT2D eigenvalue weighted by molar-refractivity contribution is 0.367. The number of nitrogens with zero attached hydrogens (tertiary/aromatic N) is 3. The third kappa shape index (κ3) is 2.88. The molecule has 23 heavy (non-hydrogen) atoms. The van der Waals surface area contributed by atoms with Crippen LogP contribution in [0.25, 0.3) is 11.3 Å². The molecule has 0 aliphatic carbocycles. The molecule has 6 nitrogen and oxygen atoms in total. The van der Waals surface area contributed by atoms with Crippen molar-refractivity contribution in [3.63, 3.8) is 0 Å². The zero-order valence-electron chi connectivity index (χ0n) is 12.8. The molecule has 0 fully saturated rings. The monoisotopic (exact) mass is 313 g/mol. The van der Waals surface area contributed by atoms with Gasteiger partial charge in [-0.3, -0.25) is 0 Å². The fraction of sp³-hybridized carbons (Fsp3) is 0.235. The van der Waals surface area contributed by atoms with E-state index in [0.29, 0.717) is 12.1 Å². The molecule has 0 unspecified atom stereocenters. The molecular weight excluding hydrogens is 294 g/mol. The predicted molar refractivity (Wildman–Crippen MR) is 86.4 cm³/mol. The minimum atomic E-state index is -0.129. The maximum atomic E-state index is 10.2. The molecule has 2 aromatic heterocycles. The average Bonchev–Trinajstić information content (AvgIpc) is 3.13. The summed E-state index contributed by atoms with van der Waals surface area (Å²) in [4.78, 5) is 4.00. The van der Waals surface area contributed by atoms with Crippen molar-refractivity contribution in [1.29, 1.82) is 0 Å². The maximum Gasteiger partial charge on any atom is 0.235 e. The van der Waals surface area contributed by atoms with Crippen molar-refractivity contribution >= 4 is 0 Å². The Bertz CT molecular complexity index is 790. The molecule has 2 heterocycles. The molecule has 0 bridgehead atoms. The summed E-state index contributed by atoms with van der Waals surface area (Å²) in [5.41, 5.74) is 2.21. The van der Waals surface area contributed by atoms with Crippen LogP contribution in [0.1, 0.15) is 12.0 Å². The molecule has 0 spiro atoms. The van der Waals surface area contributed by atoms with Crippen LogP contribution in [-0.2, 0) is 13.1 Å². The molecule has 1 aromatic carbocycles. The molecule has 3 rings (SSSR count). The van der Waals surface area contributed by atoms with Crippen molar-refractivity contribution < 1.29 is 15.3 Å². The molecule has 0 radical (unpaired) electrons. The molecule has 120 valence electrons. The Labute approximate surface area is 133 Å². The van der Waals surface area contributed by atoms with Gasteiger partial charge in [-0.2, -0.15) is 0 Å². The standard InChI is InChI=1S/C17H19N3O3/c1-12-15(13-3-5-14(21)6-4-13)20(17(23)16(12)22)9-2-8-19-10-7-18-11-19/h3-7,10-11,21-23H,2,8-9H2,1H3. The molecule has 0 saturated heterocycles. The molecule has 0 aliphatic heterocycles. The van der Waals surface area contributed by atoms with Crippen molar-refractivity contribution in [2.24, 2.45) is 0 Å². The van der Waals surface area contributed by atoms with Gasteiger partial charge in [0.25, 0.3) is 0 Å². The number of phenols is 1. The van der Waals surface area contributed by atoms with Gasteiger partial charge >= 0.3 is 0 Å². The van der Waals surface area contributed by atoms with Gasteiger partial charge in [0.1, 0.15) is 5.75 Å². The predicted octanol–water partition coefficient (Wildman–Crippen LogP) is 2.87. The maximum absolute atomic E-state index is 10.2. The van der Waals surface area contributed by atoms with Crippen LogP contribution < -0.4 is 0 Å². The lowest BCUT2D eigenvalue weighted by Crippen LogP contribution is -2.04. The SMILES string of the molecule is Cc1c(O)c(O)n(CCCn2ccnc2)c1-c1ccc(O)cc1. The van der Waals surface area contributed by atoms with Crippen molar-refractivity contribution in [2.45, 2.75) is 26.4 Å². The van der Waals surface area contributed by atoms with Gasteiger partial charge in [0.2, 0.25) is 5.88 Å². The molecular formula is C17H19N3O3. The van der Waals surface area contributed by atoms with Crippen LogP contribution >= 0.6 is 0 Å². The first-order valence-electron chi connectivity index (χ1n) is 7.44. The minimum Gasteiger partial charge on any atom is -0.508 e. The van der Waals surface area contributed by atoms with E-state index in [0.717, 1.165) is 24.2 Å². The smallest absolute Gasteiger partial charge is 0.235 e. The summed E-state index contributed by atoms with van der Waals surface area (Å²) in [7, 11) is 0. The van der Waals surface area contributed by atoms with E-state index in [1.54, 1.807) is 48.3 Å². The third-order valence-corrected chi connectivity index (χ3v) is 3.95. The van der Waals surface area contributed by atoms with Crippen molar-refractivity contribution in [1.82, 2.24) is 14.1 Å². The molecule has 0 saturated carbocycles. The van der Waals surface area contributed by atoms with E-state index in [1.165, 1.54) is 0 Å². The number of aryl methyl sites for hydroxylation is 1. The van der Waals surface area contributed by atoms with E-state index in [4.69, 9.17) is 0 Å². The molecule has 3 N–H and O–H groups in total. The number of benzene rings is 1. The van der Waals surface area contributed by atoms with Crippen molar-refractivity contribution in [2.75, 3.05) is 0 Å². The first kappa shape index (κ1) is 15.0. The second kappa shape index (κ2) is 6.08. The van der Waals surface area contributed by atoms with Crippen LogP contribution in [-0.4, -0.2) is 29.4 Å². The number of imidazole rings is 1. The highest BCUT2D eigenvalue weighted by molar-refractivity contribution is 5.70. The second-order valence-corrected chi connectivity index (χ2v) is 5.50. The minimum absolute atomic E-state index is 0.101. The van der Waals surface area contributed by atoms with Gasteiger partial charge in [0.05, 0.1) is 12.0 Å². The van der Waals surface area contributed by atoms with Gasteiger partial charge in [-0.05, 0) is 43.2 Å². The highest BCUT2D eigenvalue weighted by Crippen LogP contribution is 2.40. The molecule has 0 atom stereocenters. The van der Waals surface area contributed by atoms with Crippen LogP contribution in [0, 0.1) is 6.92 Å². The Hall–Kier alpha value is -2.89. The van der Waals surface area contributed by atoms with Crippen molar-refractivity contribution in [3.05, 3.63) is 48.5 Å². The Morgan fingerprint density at radius 3 is 2.43 bits per heavy atom. The van der Waals surface area contributed by atoms with E-state index >= 15 is 0 Å². The first-order chi connectivity index (χ1) is 11.1. The van der Waals surface area contributed by atoms with Crippen LogP contribution in [0.2, 0.25) is 0 Å². The fourth-order valence-electron chi connectivity index (χ4n) is 2.76. The zero-order valence-corrected chi connectivity index (χ0v) is 12.8. The average molecular weight is 313 g/mol. The van der Waals surface area contributed by atoms with Gasteiger partial charge in [0.15, 0.2) is 5.75 Å². The number of aromatic hydroxyl groups is 3. The summed E-state index contributed by atoms with van der Waals surface area (Å²) in [6.45, 7) is 3.09. The van der Waals surface area contributed by atoms with Crippen LogP contribution in [0.3, 0.4) is 0 Å². The number of hydrogen-bond donors (Lipinski definition) is 3. The van der Waals surface area contributed by atoms with E-state index in [-0.39, 0.29) is 17.4 Å². The normalized spacial score (nSPS) is 11.0. The Balaban J connectivity index is 1.89. The summed E-state index contributed by atoms with van der Waals surface area (Å²) in [5, 5.41) is 29.7. The highest BCUT2D eigenvalue weighted by Gasteiger charge is 2.20. The topological polar surface area (TPSA) is 83.4 Å². The quantitative estimate of drug-likeness (QED) is 0.676. The molecule has 3 aromatic rings. The highest BCUT2D eigenvalue weighted by atomic mass is 16.3. The lowest BCUT2D eigenvalue weighted by Gasteiger charge is -2.11. The largest absolute Gasteiger partial charge is 0.508 e. The molecule has 0 amide bonds. The van der Waals surface area contributed by atoms with Gasteiger partial charge < -0.3 is 24.5 Å². The summed E-state index contributed by atoms with van der Waals surface area (Å²) < 4.78 is 3.67. The molecule has 0 aliphatic rings. The molecule has 6 heteroatoms. The number of rotatable bonds is 5. The lowest BCUT2D eigenvalue weighted by atomic mass is 10.1. The van der Waals surface area contributed by atoms with Gasteiger partial charge in [-0.1, -0.05) is 0 Å². The third-order valence-electron chi connectivity index (χ3n) is 3.95. The van der Waals surface area contributed by atoms with Crippen LogP contribution in [0.5, 0.6) is 17.4 Å². The van der Waals surface area contributed by atoms with E-state index in [1.807, 2.05) is 10.8 Å². The summed E-state index contributed by atoms with van der Waals surface area (Å²) in [6, 6.07) is 6.71. The zero-order chi connectivity index (χ0) is 16.4. The number of hydrogen-bond acceptors (Lipinski definition) is 4. The van der Waals surface area contributed by atoms with Gasteiger partial charge in [-0.15, -0.1) is 0 Å². The summed E-state index contributed by atoms with van der Waals surface area (Å²) in [6.07, 6.45) is 6.14.